The first-order chi connectivity index (χ1) is 1.00. The van der Waals surface area contributed by atoms with Crippen LogP contribution in [0.1, 0.15) is 0 Å². The van der Waals surface area contributed by atoms with Gasteiger partial charge in [-0.3, -0.25) is 0 Å². The van der Waals surface area contributed by atoms with E-state index >= 15 is 0 Å². The Morgan fingerprint density at radius 2 is 0.667 bits per heavy atom. The number of halogens is 3. The van der Waals surface area contributed by atoms with Crippen LogP contribution in [-0.4, -0.2) is 0 Å². The van der Waals surface area contributed by atoms with Crippen molar-refractivity contribution >= 4 is 34.5 Å². The van der Waals surface area contributed by atoms with Crippen molar-refractivity contribution < 1.29 is 17.3 Å². The number of hydrogen-bond donors (Lipinski definition) is 1. The fraction of sp³-hybridized carbons (Fsp3) is 0. The SMILES string of the molecule is Cl.Cl.N.[Cl][Ru].[NH2-].[NH2-].[NH2-].[NH2-]. The molecule has 9 heavy (non-hydrogen) atoms. The Labute approximate surface area is 82.5 Å². The van der Waals surface area contributed by atoms with Crippen LogP contribution in [-0.2, 0) is 17.3 Å². The zero-order valence-electron chi connectivity index (χ0n) is 4.56. The van der Waals surface area contributed by atoms with Gasteiger partial charge in [0.15, 0.2) is 0 Å². The maximum atomic E-state index is 4.57. The molecule has 0 aliphatic heterocycles. The van der Waals surface area contributed by atoms with E-state index in [1.165, 1.54) is 0 Å². The summed E-state index contributed by atoms with van der Waals surface area (Å²) in [5.41, 5.74) is 0. The van der Waals surface area contributed by atoms with Crippen molar-refractivity contribution in [1.82, 2.24) is 6.15 Å². The molecule has 0 aromatic carbocycles. The van der Waals surface area contributed by atoms with Gasteiger partial charge >= 0.3 is 27.0 Å². The van der Waals surface area contributed by atoms with Gasteiger partial charge in [0, 0.05) is 0 Å². The summed E-state index contributed by atoms with van der Waals surface area (Å²) in [5.74, 6) is 0. The molecule has 0 fully saturated rings. The van der Waals surface area contributed by atoms with Crippen molar-refractivity contribution in [2.24, 2.45) is 0 Å². The van der Waals surface area contributed by atoms with Crippen LogP contribution in [0, 0.1) is 0 Å². The molecular weight excluding hydrogens is 277 g/mol. The summed E-state index contributed by atoms with van der Waals surface area (Å²) in [6.07, 6.45) is 0. The van der Waals surface area contributed by atoms with E-state index in [1.54, 1.807) is 0 Å². The van der Waals surface area contributed by atoms with Gasteiger partial charge in [-0.25, -0.2) is 0 Å². The predicted octanol–water partition coefficient (Wildman–Crippen LogP) is 4.56. The van der Waals surface area contributed by atoms with Crippen LogP contribution in [0.15, 0.2) is 0 Å². The van der Waals surface area contributed by atoms with E-state index in [4.69, 9.17) is 0 Å². The van der Waals surface area contributed by atoms with Crippen molar-refractivity contribution in [3.63, 3.8) is 0 Å². The molecule has 0 aliphatic rings. The van der Waals surface area contributed by atoms with E-state index in [2.05, 4.69) is 9.69 Å². The summed E-state index contributed by atoms with van der Waals surface area (Å²) in [7, 11) is 4.57. The molecule has 0 unspecified atom stereocenters. The van der Waals surface area contributed by atoms with Crippen molar-refractivity contribution in [2.75, 3.05) is 0 Å². The van der Waals surface area contributed by atoms with Gasteiger partial charge in [0.2, 0.25) is 0 Å². The largest absolute Gasteiger partial charge is 0.693 e. The maximum Gasteiger partial charge on any atom is -0.693 e. The molecule has 0 heterocycles. The van der Waals surface area contributed by atoms with Gasteiger partial charge in [0.1, 0.15) is 0 Å². The molecule has 11 N–H and O–H groups in total. The molecule has 0 aromatic rings. The molecule has 0 radical (unpaired) electrons. The summed E-state index contributed by atoms with van der Waals surface area (Å²) in [5, 5.41) is 0. The third-order valence-electron chi connectivity index (χ3n) is 0. The van der Waals surface area contributed by atoms with Gasteiger partial charge in [-0.2, -0.15) is 0 Å². The fourth-order valence-corrected chi connectivity index (χ4v) is 0. The van der Waals surface area contributed by atoms with Gasteiger partial charge in [0.25, 0.3) is 0 Å². The first kappa shape index (κ1) is 169. The van der Waals surface area contributed by atoms with Crippen LogP contribution in [0.3, 0.4) is 0 Å². The Bertz CT molecular complexity index is 12.2. The second-order valence-electron chi connectivity index (χ2n) is 0. The second kappa shape index (κ2) is 382. The number of nitrogens with two attached hydrogens (primary N) is 4. The zero-order valence-corrected chi connectivity index (χ0v) is 8.69. The first-order valence-corrected chi connectivity index (χ1v) is 2.37. The molecule has 0 rings (SSSR count). The summed E-state index contributed by atoms with van der Waals surface area (Å²) in [6, 6.07) is 0. The van der Waals surface area contributed by atoms with E-state index in [9.17, 15) is 0 Å². The van der Waals surface area contributed by atoms with Crippen LogP contribution in [0.25, 0.3) is 24.6 Å². The molecule has 0 saturated heterocycles. The standard InChI is InChI=1S/3ClH.H3N.4H2N.Ru/h3*1H;1H3;4*1H2;/q;;;;4*-1;+1/p-1. The monoisotopic (exact) mass is 290 g/mol. The fourth-order valence-electron chi connectivity index (χ4n) is 0. The van der Waals surface area contributed by atoms with Gasteiger partial charge in [-0.05, 0) is 0 Å². The molecular formula is H13Cl3N5Ru-4. The van der Waals surface area contributed by atoms with Crippen LogP contribution >= 0.6 is 34.5 Å². The second-order valence-corrected chi connectivity index (χ2v) is 0. The predicted molar refractivity (Wildman–Crippen MR) is 46.5 cm³/mol. The summed E-state index contributed by atoms with van der Waals surface area (Å²) in [4.78, 5) is 0. The summed E-state index contributed by atoms with van der Waals surface area (Å²) in [6.45, 7) is 0. The third kappa shape index (κ3) is 296. The maximum absolute atomic E-state index is 4.57. The van der Waals surface area contributed by atoms with Crippen LogP contribution in [0.4, 0.5) is 0 Å². The quantitative estimate of drug-likeness (QED) is 0.634. The van der Waals surface area contributed by atoms with Crippen molar-refractivity contribution in [1.29, 1.82) is 0 Å². The van der Waals surface area contributed by atoms with E-state index in [0.29, 0.717) is 0 Å². The summed E-state index contributed by atoms with van der Waals surface area (Å²) < 4.78 is 0. The van der Waals surface area contributed by atoms with E-state index in [0.717, 1.165) is 0 Å². The smallest absolute Gasteiger partial charge is 0.693 e. The molecule has 5 nitrogen and oxygen atoms in total. The molecule has 0 saturated carbocycles. The normalized spacial score (nSPS) is 0.667. The molecule has 0 atom stereocenters. The minimum atomic E-state index is 0. The van der Waals surface area contributed by atoms with Crippen molar-refractivity contribution in [3.8, 4) is 0 Å². The van der Waals surface area contributed by atoms with Crippen LogP contribution in [0.2, 0.25) is 0 Å². The third-order valence-corrected chi connectivity index (χ3v) is 0. The van der Waals surface area contributed by atoms with Crippen LogP contribution in [0.5, 0.6) is 0 Å². The molecule has 0 bridgehead atoms. The zero-order chi connectivity index (χ0) is 2.00. The minimum absolute atomic E-state index is 0. The van der Waals surface area contributed by atoms with Gasteiger partial charge in [-0.15, -0.1) is 24.8 Å². The molecule has 71 valence electrons. The van der Waals surface area contributed by atoms with Gasteiger partial charge < -0.3 is 30.8 Å². The Morgan fingerprint density at radius 1 is 0.667 bits per heavy atom. The topological polar surface area (TPSA) is 169 Å². The van der Waals surface area contributed by atoms with Gasteiger partial charge in [0.05, 0.1) is 0 Å². The molecule has 0 amide bonds. The number of rotatable bonds is 0. The van der Waals surface area contributed by atoms with E-state index < -0.39 is 0 Å². The van der Waals surface area contributed by atoms with Crippen LogP contribution < -0.4 is 6.15 Å². The number of hydrogen-bond acceptors (Lipinski definition) is 1. The van der Waals surface area contributed by atoms with Gasteiger partial charge in [-0.1, -0.05) is 0 Å². The Morgan fingerprint density at radius 3 is 0.667 bits per heavy atom. The average molecular weight is 291 g/mol. The molecule has 9 heteroatoms. The van der Waals surface area contributed by atoms with Crippen molar-refractivity contribution in [3.05, 3.63) is 24.6 Å². The molecule has 0 aliphatic carbocycles. The van der Waals surface area contributed by atoms with E-state index in [1.807, 2.05) is 17.3 Å². The first-order valence-electron chi connectivity index (χ1n) is 0.134. The van der Waals surface area contributed by atoms with Crippen molar-refractivity contribution in [2.45, 2.75) is 0 Å². The Hall–Kier alpha value is 1.29. The molecule has 0 spiro atoms. The average Bonchev–Trinajstić information content (AvgIpc) is 1.00. The Balaban J connectivity index is -0.000000000238. The van der Waals surface area contributed by atoms with E-state index in [-0.39, 0.29) is 55.6 Å². The Kier molecular flexibility index (Phi) is 7180. The minimum Gasteiger partial charge on any atom is -0.693 e. The summed E-state index contributed by atoms with van der Waals surface area (Å²) >= 11 is 1.82. The molecule has 0 aromatic heterocycles.